The van der Waals surface area contributed by atoms with Gasteiger partial charge in [0.1, 0.15) is 13.2 Å². The maximum Gasteiger partial charge on any atom is 1.00 e. The molecule has 0 radical (unpaired) electrons. The minimum atomic E-state index is -4.36. The fraction of sp³-hybridized carbons (Fsp3) is 0.333. The number of rotatable bonds is 6. The van der Waals surface area contributed by atoms with Crippen LogP contribution in [0.5, 0.6) is 0 Å². The van der Waals surface area contributed by atoms with Gasteiger partial charge in [0.05, 0.1) is 0 Å². The largest absolute Gasteiger partial charge is 1.00 e. The van der Waals surface area contributed by atoms with Crippen LogP contribution in [0.15, 0.2) is 30.3 Å². The first kappa shape index (κ1) is 21.5. The van der Waals surface area contributed by atoms with Crippen LogP contribution in [0.2, 0.25) is 0 Å². The number of hydrogen-bond donors (Lipinski definition) is 3. The van der Waals surface area contributed by atoms with E-state index in [9.17, 15) is 18.0 Å². The van der Waals surface area contributed by atoms with Gasteiger partial charge in [0.25, 0.3) is 10.1 Å². The topological polar surface area (TPSA) is 122 Å². The van der Waals surface area contributed by atoms with Crippen LogP contribution in [0.25, 0.3) is 0 Å². The summed E-state index contributed by atoms with van der Waals surface area (Å²) in [5.74, 6) is -0.767. The first-order valence-electron chi connectivity index (χ1n) is 5.99. The van der Waals surface area contributed by atoms with Crippen molar-refractivity contribution in [3.05, 3.63) is 35.9 Å². The fourth-order valence-corrected chi connectivity index (χ4v) is 1.56. The van der Waals surface area contributed by atoms with Crippen LogP contribution in [0.3, 0.4) is 0 Å². The van der Waals surface area contributed by atoms with Crippen molar-refractivity contribution in [3.63, 3.8) is 0 Å². The molecule has 0 fully saturated rings. The molecule has 1 atom stereocenters. The van der Waals surface area contributed by atoms with Crippen molar-refractivity contribution in [3.8, 4) is 0 Å². The van der Waals surface area contributed by atoms with E-state index in [0.717, 1.165) is 12.5 Å². The molecule has 2 amide bonds. The molecule has 0 heterocycles. The van der Waals surface area contributed by atoms with E-state index < -0.39 is 34.0 Å². The third-order valence-electron chi connectivity index (χ3n) is 2.42. The first-order valence-corrected chi connectivity index (χ1v) is 7.49. The van der Waals surface area contributed by atoms with Crippen molar-refractivity contribution in [1.29, 1.82) is 0 Å². The molecule has 116 valence electrons. The van der Waals surface area contributed by atoms with E-state index in [1.165, 1.54) is 0 Å². The average Bonchev–Trinajstić information content (AvgIpc) is 2.43. The van der Waals surface area contributed by atoms with Gasteiger partial charge in [-0.2, -0.15) is 8.42 Å². The van der Waals surface area contributed by atoms with Crippen molar-refractivity contribution < 1.29 is 78.7 Å². The molecular weight excluding hydrogens is 339 g/mol. The molecule has 3 N–H and O–H groups in total. The zero-order chi connectivity index (χ0) is 15.9. The molecule has 1 unspecified atom stereocenters. The van der Waals surface area contributed by atoms with Crippen LogP contribution in [-0.2, 0) is 26.3 Å². The quantitative estimate of drug-likeness (QED) is 0.376. The van der Waals surface area contributed by atoms with Gasteiger partial charge in [-0.1, -0.05) is 30.3 Å². The molecule has 1 aromatic rings. The van der Waals surface area contributed by atoms with E-state index in [-0.39, 0.29) is 58.0 Å². The van der Waals surface area contributed by atoms with Crippen LogP contribution in [0, 0.1) is 0 Å². The Kier molecular flexibility index (Phi) is 10.1. The molecule has 10 heteroatoms. The van der Waals surface area contributed by atoms with E-state index in [1.807, 2.05) is 11.4 Å². The molecule has 0 aliphatic rings. The third-order valence-corrected chi connectivity index (χ3v) is 3.43. The zero-order valence-electron chi connectivity index (χ0n) is 12.3. The van der Waals surface area contributed by atoms with Crippen molar-refractivity contribution in [1.82, 2.24) is 10.6 Å². The predicted molar refractivity (Wildman–Crippen MR) is 73.8 cm³/mol. The van der Waals surface area contributed by atoms with Crippen LogP contribution in [0.1, 0.15) is 12.5 Å². The molecule has 22 heavy (non-hydrogen) atoms. The molecule has 0 aliphatic carbocycles. The zero-order valence-corrected chi connectivity index (χ0v) is 16.2. The van der Waals surface area contributed by atoms with E-state index in [2.05, 4.69) is 5.32 Å². The van der Waals surface area contributed by atoms with E-state index in [1.54, 1.807) is 24.3 Å². The monoisotopic (exact) mass is 355 g/mol. The Bertz CT molecular complexity index is 593. The summed E-state index contributed by atoms with van der Waals surface area (Å²) in [7, 11) is -4.36. The molecule has 8 nitrogen and oxygen atoms in total. The summed E-state index contributed by atoms with van der Waals surface area (Å²) >= 11 is 0. The van der Waals surface area contributed by atoms with E-state index >= 15 is 0 Å². The van der Waals surface area contributed by atoms with Crippen molar-refractivity contribution >= 4 is 22.1 Å². The summed E-state index contributed by atoms with van der Waals surface area (Å²) in [6.07, 6.45) is -0.812. The van der Waals surface area contributed by atoms with Gasteiger partial charge < -0.3 is 15.4 Å². The van der Waals surface area contributed by atoms with E-state index in [0.29, 0.717) is 0 Å². The summed E-state index contributed by atoms with van der Waals surface area (Å²) in [5, 5.41) is 2.71. The van der Waals surface area contributed by atoms with Gasteiger partial charge >= 0.3 is 57.5 Å². The molecule has 0 saturated carbocycles. The van der Waals surface area contributed by atoms with E-state index in [4.69, 9.17) is 9.29 Å². The molecule has 0 bridgehead atoms. The van der Waals surface area contributed by atoms with Gasteiger partial charge in [0, 0.05) is 0 Å². The SMILES string of the molecule is CC(NC(=O)CNC(=O)OCc1ccccc1)S(=O)(=O)O.[K+]. The molecule has 1 rings (SSSR count). The molecule has 0 aromatic heterocycles. The Morgan fingerprint density at radius 1 is 1.27 bits per heavy atom. The van der Waals surface area contributed by atoms with Gasteiger partial charge in [-0.25, -0.2) is 4.79 Å². The minimum Gasteiger partial charge on any atom is -0.445 e. The average molecular weight is 355 g/mol. The normalized spacial score (nSPS) is 11.7. The fourth-order valence-electron chi connectivity index (χ4n) is 1.28. The van der Waals surface area contributed by atoms with Gasteiger partial charge in [-0.3, -0.25) is 9.35 Å². The van der Waals surface area contributed by atoms with Crippen LogP contribution < -0.4 is 62.0 Å². The third kappa shape index (κ3) is 8.83. The maximum atomic E-state index is 11.3. The van der Waals surface area contributed by atoms with Crippen LogP contribution in [0.4, 0.5) is 4.79 Å². The summed E-state index contributed by atoms with van der Waals surface area (Å²) in [4.78, 5) is 22.6. The molecule has 0 aliphatic heterocycles. The summed E-state index contributed by atoms with van der Waals surface area (Å²) in [5.41, 5.74) is 0.789. The Labute approximate surface area is 171 Å². The van der Waals surface area contributed by atoms with Crippen LogP contribution >= 0.6 is 0 Å². The number of carbonyl (C=O) groups excluding carboxylic acids is 2. The summed E-state index contributed by atoms with van der Waals surface area (Å²) in [6.45, 7) is 0.685. The van der Waals surface area contributed by atoms with Gasteiger partial charge in [-0.05, 0) is 12.5 Å². The molecule has 1 aromatic carbocycles. The van der Waals surface area contributed by atoms with Gasteiger partial charge in [0.15, 0.2) is 5.37 Å². The van der Waals surface area contributed by atoms with Gasteiger partial charge in [-0.15, -0.1) is 0 Å². The predicted octanol–water partition coefficient (Wildman–Crippen LogP) is -2.73. The standard InChI is InChI=1S/C12H16N2O6S.K/c1-9(21(17,18)19)14-11(15)7-13-12(16)20-8-10-5-3-2-4-6-10;/h2-6,9H,7-8H2,1H3,(H,13,16)(H,14,15)(H,17,18,19);/q;+1. The van der Waals surface area contributed by atoms with Gasteiger partial charge in [0.2, 0.25) is 5.91 Å². The number of alkyl carbamates (subject to hydrolysis) is 1. The number of benzene rings is 1. The summed E-state index contributed by atoms with van der Waals surface area (Å²) in [6, 6.07) is 8.95. The van der Waals surface area contributed by atoms with Crippen molar-refractivity contribution in [2.45, 2.75) is 18.9 Å². The number of hydrogen-bond acceptors (Lipinski definition) is 5. The Morgan fingerprint density at radius 2 is 1.86 bits per heavy atom. The molecule has 0 spiro atoms. The Morgan fingerprint density at radius 3 is 2.41 bits per heavy atom. The molecular formula is C12H16KN2O6S+. The Balaban J connectivity index is 0.00000441. The molecule has 0 saturated heterocycles. The second-order valence-electron chi connectivity index (χ2n) is 4.14. The second kappa shape index (κ2) is 10.3. The second-order valence-corrected chi connectivity index (χ2v) is 5.88. The van der Waals surface area contributed by atoms with Crippen molar-refractivity contribution in [2.24, 2.45) is 0 Å². The van der Waals surface area contributed by atoms with Crippen LogP contribution in [-0.4, -0.2) is 36.9 Å². The number of carbonyl (C=O) groups is 2. The first-order chi connectivity index (χ1) is 9.79. The summed E-state index contributed by atoms with van der Waals surface area (Å²) < 4.78 is 34.9. The van der Waals surface area contributed by atoms with Crippen molar-refractivity contribution in [2.75, 3.05) is 6.54 Å². The number of nitrogens with one attached hydrogen (secondary N) is 2. The number of amides is 2. The Hall–Kier alpha value is -0.494. The number of ether oxygens (including phenoxy) is 1. The smallest absolute Gasteiger partial charge is 0.445 e. The minimum absolute atomic E-state index is 0. The maximum absolute atomic E-state index is 11.3.